The van der Waals surface area contributed by atoms with Crippen molar-refractivity contribution >= 4 is 23.0 Å². The Bertz CT molecular complexity index is 1340. The van der Waals surface area contributed by atoms with Crippen LogP contribution >= 0.6 is 0 Å². The zero-order valence-electron chi connectivity index (χ0n) is 20.9. The molecule has 0 saturated heterocycles. The van der Waals surface area contributed by atoms with Crippen molar-refractivity contribution < 1.29 is 4.79 Å². The van der Waals surface area contributed by atoms with Gasteiger partial charge in [0, 0.05) is 36.5 Å². The molecule has 7 rings (SSSR count). The second-order valence-corrected chi connectivity index (χ2v) is 11.2. The van der Waals surface area contributed by atoms with Gasteiger partial charge in [0.15, 0.2) is 0 Å². The van der Waals surface area contributed by atoms with E-state index in [0.717, 1.165) is 60.8 Å². The molecule has 1 amide bonds. The molecule has 3 aliphatic carbocycles. The van der Waals surface area contributed by atoms with Crippen molar-refractivity contribution in [2.24, 2.45) is 15.9 Å². The van der Waals surface area contributed by atoms with Gasteiger partial charge in [0.05, 0.1) is 34.8 Å². The van der Waals surface area contributed by atoms with E-state index in [1.807, 2.05) is 54.5 Å². The van der Waals surface area contributed by atoms with Crippen LogP contribution in [0, 0.1) is 29.1 Å². The third-order valence-corrected chi connectivity index (χ3v) is 8.55. The van der Waals surface area contributed by atoms with E-state index in [9.17, 15) is 4.79 Å². The average molecular weight is 481 g/mol. The molecule has 7 heteroatoms. The van der Waals surface area contributed by atoms with Gasteiger partial charge in [-0.3, -0.25) is 14.5 Å². The van der Waals surface area contributed by atoms with Crippen molar-refractivity contribution in [3.05, 3.63) is 59.5 Å². The third-order valence-electron chi connectivity index (χ3n) is 8.55. The van der Waals surface area contributed by atoms with Crippen LogP contribution in [0.1, 0.15) is 80.7 Å². The van der Waals surface area contributed by atoms with E-state index in [0.29, 0.717) is 11.0 Å². The van der Waals surface area contributed by atoms with Gasteiger partial charge in [-0.2, -0.15) is 15.5 Å². The summed E-state index contributed by atoms with van der Waals surface area (Å²) in [5.41, 5.74) is 4.07. The minimum absolute atomic E-state index is 0.00382. The van der Waals surface area contributed by atoms with Crippen LogP contribution in [0.2, 0.25) is 0 Å². The lowest BCUT2D eigenvalue weighted by Crippen LogP contribution is -2.67. The van der Waals surface area contributed by atoms with E-state index >= 15 is 0 Å². The van der Waals surface area contributed by atoms with Crippen LogP contribution in [-0.4, -0.2) is 31.9 Å². The number of fused-ring (bicyclic) bond motifs is 1. The predicted octanol–water partition coefficient (Wildman–Crippen LogP) is 5.69. The smallest absolute Gasteiger partial charge is 0.249 e. The van der Waals surface area contributed by atoms with Gasteiger partial charge < -0.3 is 0 Å². The number of benzene rings is 1. The first kappa shape index (κ1) is 22.9. The van der Waals surface area contributed by atoms with Gasteiger partial charge in [-0.05, 0) is 74.3 Å². The van der Waals surface area contributed by atoms with E-state index in [1.54, 1.807) is 5.01 Å². The van der Waals surface area contributed by atoms with Crippen LogP contribution in [0.15, 0.2) is 47.8 Å². The molecule has 3 heterocycles. The van der Waals surface area contributed by atoms with Gasteiger partial charge in [0.2, 0.25) is 5.91 Å². The highest BCUT2D eigenvalue weighted by Gasteiger charge is 2.71. The Labute approximate surface area is 211 Å². The van der Waals surface area contributed by atoms with Gasteiger partial charge in [-0.15, -0.1) is 0 Å². The Kier molecular flexibility index (Phi) is 5.63. The van der Waals surface area contributed by atoms with Crippen molar-refractivity contribution in [3.8, 4) is 6.07 Å². The Morgan fingerprint density at radius 3 is 2.72 bits per heavy atom. The molecule has 0 radical (unpaired) electrons. The van der Waals surface area contributed by atoms with E-state index in [-0.39, 0.29) is 17.4 Å². The lowest BCUT2D eigenvalue weighted by atomic mass is 9.33. The van der Waals surface area contributed by atoms with Crippen molar-refractivity contribution in [1.29, 1.82) is 5.26 Å². The molecule has 1 atom stereocenters. The maximum absolute atomic E-state index is 13.4. The molecule has 7 nitrogen and oxygen atoms in total. The van der Waals surface area contributed by atoms with Gasteiger partial charge >= 0.3 is 0 Å². The number of aromatic nitrogens is 3. The van der Waals surface area contributed by atoms with E-state index in [2.05, 4.69) is 27.3 Å². The maximum Gasteiger partial charge on any atom is 0.249 e. The molecule has 3 fully saturated rings. The average Bonchev–Trinajstić information content (AvgIpc) is 3.49. The molecule has 36 heavy (non-hydrogen) atoms. The second-order valence-electron chi connectivity index (χ2n) is 11.2. The second kappa shape index (κ2) is 8.85. The van der Waals surface area contributed by atoms with Crippen LogP contribution in [0.25, 0.3) is 10.9 Å². The summed E-state index contributed by atoms with van der Waals surface area (Å²) in [6.07, 6.45) is 15.5. The number of carbonyl (C=O) groups excluding carboxylic acids is 1. The number of nitriles is 1. The molecule has 4 aliphatic rings. The van der Waals surface area contributed by atoms with Crippen LogP contribution in [0.3, 0.4) is 0 Å². The van der Waals surface area contributed by atoms with Gasteiger partial charge in [-0.1, -0.05) is 25.3 Å². The summed E-state index contributed by atoms with van der Waals surface area (Å²) >= 11 is 0. The van der Waals surface area contributed by atoms with Crippen molar-refractivity contribution in [1.82, 2.24) is 19.8 Å². The van der Waals surface area contributed by atoms with E-state index in [4.69, 9.17) is 5.26 Å². The summed E-state index contributed by atoms with van der Waals surface area (Å²) in [6.45, 7) is 2.89. The topological polar surface area (TPSA) is 87.2 Å². The molecule has 2 bridgehead atoms. The summed E-state index contributed by atoms with van der Waals surface area (Å²) < 4.78 is 2.05. The van der Waals surface area contributed by atoms with Crippen molar-refractivity contribution in [2.75, 3.05) is 0 Å². The molecular weight excluding hydrogens is 448 g/mol. The molecule has 1 unspecified atom stereocenters. The molecule has 1 aliphatic heterocycles. The summed E-state index contributed by atoms with van der Waals surface area (Å²) in [4.78, 5) is 17.8. The highest BCUT2D eigenvalue weighted by Crippen LogP contribution is 2.76. The van der Waals surface area contributed by atoms with Crippen LogP contribution < -0.4 is 0 Å². The van der Waals surface area contributed by atoms with E-state index < -0.39 is 0 Å². The van der Waals surface area contributed by atoms with Crippen molar-refractivity contribution in [3.63, 3.8) is 0 Å². The van der Waals surface area contributed by atoms with Crippen LogP contribution in [0.5, 0.6) is 0 Å². The van der Waals surface area contributed by atoms with Crippen molar-refractivity contribution in [2.45, 2.75) is 77.3 Å². The highest BCUT2D eigenvalue weighted by molar-refractivity contribution is 5.88. The fraction of sp³-hybridized carbons (Fsp3) is 0.483. The van der Waals surface area contributed by atoms with Gasteiger partial charge in [0.25, 0.3) is 0 Å². The number of hydrogen-bond acceptors (Lipinski definition) is 5. The lowest BCUT2D eigenvalue weighted by Gasteiger charge is -2.70. The summed E-state index contributed by atoms with van der Waals surface area (Å²) in [5, 5.41) is 20.8. The molecular formula is C29H32N6O. The fourth-order valence-corrected chi connectivity index (χ4v) is 6.75. The molecule has 0 N–H and O–H groups in total. The quantitative estimate of drug-likeness (QED) is 0.368. The Morgan fingerprint density at radius 1 is 1.11 bits per heavy atom. The number of unbranched alkanes of at least 4 members (excludes halogenated alkanes) is 3. The van der Waals surface area contributed by atoms with Gasteiger partial charge in [0.1, 0.15) is 0 Å². The number of amides is 1. The van der Waals surface area contributed by atoms with Crippen LogP contribution in [-0.2, 0) is 11.3 Å². The van der Waals surface area contributed by atoms with Gasteiger partial charge in [-0.25, -0.2) is 5.01 Å². The highest BCUT2D eigenvalue weighted by atomic mass is 16.2. The first-order chi connectivity index (χ1) is 17.5. The monoisotopic (exact) mass is 480 g/mol. The Morgan fingerprint density at radius 2 is 1.94 bits per heavy atom. The molecule has 3 saturated carbocycles. The zero-order valence-corrected chi connectivity index (χ0v) is 20.9. The SMILES string of the molecule is Cc1ccc(C2CC=NN2C(=O)C23CC(CCCCCCn4ncc5cc(C#N)ccc54)(C2)C3)cn1. The van der Waals surface area contributed by atoms with Crippen LogP contribution in [0.4, 0.5) is 0 Å². The summed E-state index contributed by atoms with van der Waals surface area (Å²) in [7, 11) is 0. The normalized spacial score (nSPS) is 26.0. The number of hydrazone groups is 1. The minimum atomic E-state index is -0.162. The fourth-order valence-electron chi connectivity index (χ4n) is 6.75. The predicted molar refractivity (Wildman–Crippen MR) is 138 cm³/mol. The molecule has 184 valence electrons. The molecule has 1 aromatic carbocycles. The summed E-state index contributed by atoms with van der Waals surface area (Å²) in [5.74, 6) is 0.219. The first-order valence-corrected chi connectivity index (χ1v) is 13.2. The standard InChI is InChI=1S/C29H32N6O/c1-21-6-8-23(16-31-21)26-10-12-32-35(26)27(36)29-18-28(19-29,20-29)11-4-2-3-5-13-34-25-9-7-22(15-30)14-24(25)17-33-34/h6-9,12,14,16-17,26H,2-5,10-11,13,18-20H2,1H3. The number of aryl methyl sites for hydroxylation is 2. The number of carbonyl (C=O) groups is 1. The number of pyridine rings is 1. The molecule has 0 spiro atoms. The Balaban J connectivity index is 0.935. The molecule has 3 aromatic rings. The largest absolute Gasteiger partial charge is 0.272 e. The lowest BCUT2D eigenvalue weighted by molar-refractivity contribution is -0.220. The first-order valence-electron chi connectivity index (χ1n) is 13.2. The Hall–Kier alpha value is -3.53. The summed E-state index contributed by atoms with van der Waals surface area (Å²) in [6, 6.07) is 12.0. The number of rotatable bonds is 9. The number of hydrogen-bond donors (Lipinski definition) is 0. The number of nitrogens with zero attached hydrogens (tertiary/aromatic N) is 6. The third kappa shape index (κ3) is 3.89. The molecule has 2 aromatic heterocycles. The van der Waals surface area contributed by atoms with E-state index in [1.165, 1.54) is 25.7 Å². The minimum Gasteiger partial charge on any atom is -0.272 e. The zero-order chi connectivity index (χ0) is 24.8. The maximum atomic E-state index is 13.4.